The molecule has 0 aliphatic carbocycles. The summed E-state index contributed by atoms with van der Waals surface area (Å²) in [6, 6.07) is 15.0. The molecule has 6 nitrogen and oxygen atoms in total. The first kappa shape index (κ1) is 22.4. The van der Waals surface area contributed by atoms with Crippen LogP contribution in [0, 0.1) is 11.7 Å². The largest absolute Gasteiger partial charge is 0.354 e. The Bertz CT molecular complexity index is 1020. The van der Waals surface area contributed by atoms with E-state index in [9.17, 15) is 14.0 Å². The highest BCUT2D eigenvalue weighted by atomic mass is 32.1. The van der Waals surface area contributed by atoms with E-state index in [0.29, 0.717) is 24.0 Å². The van der Waals surface area contributed by atoms with Crippen LogP contribution in [0.25, 0.3) is 0 Å². The molecular formula is C23H25FN4O2S. The molecule has 0 fully saturated rings. The molecule has 1 aromatic heterocycles. The summed E-state index contributed by atoms with van der Waals surface area (Å²) in [6.07, 6.45) is 0.362. The standard InChI is InChI=1S/C23H25FN4O2S/c1-15(2)13-25-21(29)19(12-16-8-4-3-5-9-16)26-22(30)20-14-31-23(28-20)27-18-11-7-6-10-17(18)24/h3-11,14-15,19H,12-13H2,1-2H3,(H,25,29)(H,26,30)(H,27,28)/t19-/m1/s1. The van der Waals surface area contributed by atoms with E-state index in [1.807, 2.05) is 44.2 Å². The van der Waals surface area contributed by atoms with E-state index in [0.717, 1.165) is 5.56 Å². The van der Waals surface area contributed by atoms with Crippen LogP contribution in [-0.4, -0.2) is 29.4 Å². The second kappa shape index (κ2) is 10.7. The third-order valence-corrected chi connectivity index (χ3v) is 5.20. The average molecular weight is 441 g/mol. The number of amides is 2. The summed E-state index contributed by atoms with van der Waals surface area (Å²) in [5.41, 5.74) is 1.38. The van der Waals surface area contributed by atoms with Crippen molar-refractivity contribution >= 4 is 34.0 Å². The van der Waals surface area contributed by atoms with Crippen LogP contribution in [0.3, 0.4) is 0 Å². The predicted molar refractivity (Wildman–Crippen MR) is 121 cm³/mol. The number of aromatic nitrogens is 1. The number of halogens is 1. The van der Waals surface area contributed by atoms with Gasteiger partial charge in [0.15, 0.2) is 5.13 Å². The molecule has 3 rings (SSSR count). The smallest absolute Gasteiger partial charge is 0.271 e. The molecule has 0 spiro atoms. The molecule has 0 aliphatic heterocycles. The predicted octanol–water partition coefficient (Wildman–Crippen LogP) is 4.14. The summed E-state index contributed by atoms with van der Waals surface area (Å²) in [5.74, 6) is -0.819. The Morgan fingerprint density at radius 1 is 1.06 bits per heavy atom. The Hall–Kier alpha value is -3.26. The second-order valence-electron chi connectivity index (χ2n) is 7.50. The van der Waals surface area contributed by atoms with Gasteiger partial charge in [0, 0.05) is 18.3 Å². The lowest BCUT2D eigenvalue weighted by atomic mass is 10.0. The fourth-order valence-electron chi connectivity index (χ4n) is 2.83. The minimum Gasteiger partial charge on any atom is -0.354 e. The molecule has 31 heavy (non-hydrogen) atoms. The van der Waals surface area contributed by atoms with Gasteiger partial charge in [0.2, 0.25) is 5.91 Å². The average Bonchev–Trinajstić information content (AvgIpc) is 3.22. The normalized spacial score (nSPS) is 11.7. The van der Waals surface area contributed by atoms with Crippen LogP contribution in [0.5, 0.6) is 0 Å². The van der Waals surface area contributed by atoms with Crippen LogP contribution in [0.1, 0.15) is 29.9 Å². The van der Waals surface area contributed by atoms with Crippen LogP contribution in [0.2, 0.25) is 0 Å². The number of thiazole rings is 1. The van der Waals surface area contributed by atoms with Crippen molar-refractivity contribution in [2.75, 3.05) is 11.9 Å². The summed E-state index contributed by atoms with van der Waals surface area (Å²) < 4.78 is 13.8. The van der Waals surface area contributed by atoms with Crippen molar-refractivity contribution in [2.45, 2.75) is 26.3 Å². The van der Waals surface area contributed by atoms with E-state index >= 15 is 0 Å². The van der Waals surface area contributed by atoms with E-state index < -0.39 is 17.8 Å². The highest BCUT2D eigenvalue weighted by Gasteiger charge is 2.23. The molecule has 0 unspecified atom stereocenters. The fourth-order valence-corrected chi connectivity index (χ4v) is 3.54. The van der Waals surface area contributed by atoms with Gasteiger partial charge in [-0.25, -0.2) is 9.37 Å². The van der Waals surface area contributed by atoms with Crippen LogP contribution < -0.4 is 16.0 Å². The molecule has 0 saturated carbocycles. The Morgan fingerprint density at radius 2 is 1.77 bits per heavy atom. The minimum absolute atomic E-state index is 0.165. The highest BCUT2D eigenvalue weighted by Crippen LogP contribution is 2.23. The van der Waals surface area contributed by atoms with Gasteiger partial charge in [-0.3, -0.25) is 9.59 Å². The van der Waals surface area contributed by atoms with E-state index in [2.05, 4.69) is 20.9 Å². The Labute approximate surface area is 184 Å². The number of anilines is 2. The quantitative estimate of drug-likeness (QED) is 0.467. The van der Waals surface area contributed by atoms with Crippen LogP contribution in [0.15, 0.2) is 60.0 Å². The summed E-state index contributed by atoms with van der Waals surface area (Å²) in [6.45, 7) is 4.53. The molecule has 8 heteroatoms. The van der Waals surface area contributed by atoms with Crippen molar-refractivity contribution in [1.29, 1.82) is 0 Å². The van der Waals surface area contributed by atoms with Crippen LogP contribution in [-0.2, 0) is 11.2 Å². The number of nitrogens with zero attached hydrogens (tertiary/aromatic N) is 1. The number of carbonyl (C=O) groups excluding carboxylic acids is 2. The van der Waals surface area contributed by atoms with Gasteiger partial charge in [-0.15, -0.1) is 11.3 Å². The van der Waals surface area contributed by atoms with E-state index in [4.69, 9.17) is 0 Å². The number of carbonyl (C=O) groups is 2. The van der Waals surface area contributed by atoms with Gasteiger partial charge in [0.1, 0.15) is 17.6 Å². The lowest BCUT2D eigenvalue weighted by Gasteiger charge is -2.19. The van der Waals surface area contributed by atoms with E-state index in [1.54, 1.807) is 23.6 Å². The lowest BCUT2D eigenvalue weighted by Crippen LogP contribution is -2.48. The SMILES string of the molecule is CC(C)CNC(=O)[C@@H](Cc1ccccc1)NC(=O)c1csc(Nc2ccccc2F)n1. The number of rotatable bonds is 9. The summed E-state index contributed by atoms with van der Waals surface area (Å²) >= 11 is 1.18. The molecular weight excluding hydrogens is 415 g/mol. The van der Waals surface area contributed by atoms with Crippen molar-refractivity contribution in [3.63, 3.8) is 0 Å². The molecule has 1 atom stereocenters. The molecule has 3 N–H and O–H groups in total. The van der Waals surface area contributed by atoms with Gasteiger partial charge in [-0.1, -0.05) is 56.3 Å². The lowest BCUT2D eigenvalue weighted by molar-refractivity contribution is -0.123. The third-order valence-electron chi connectivity index (χ3n) is 4.44. The maximum atomic E-state index is 13.8. The Balaban J connectivity index is 1.70. The molecule has 162 valence electrons. The Morgan fingerprint density at radius 3 is 2.48 bits per heavy atom. The van der Waals surface area contributed by atoms with Gasteiger partial charge >= 0.3 is 0 Å². The van der Waals surface area contributed by atoms with Gasteiger partial charge in [-0.05, 0) is 23.6 Å². The molecule has 0 radical (unpaired) electrons. The number of hydrogen-bond donors (Lipinski definition) is 3. The van der Waals surface area contributed by atoms with Gasteiger partial charge in [-0.2, -0.15) is 0 Å². The van der Waals surface area contributed by atoms with Crippen molar-refractivity contribution < 1.29 is 14.0 Å². The molecule has 0 bridgehead atoms. The maximum absolute atomic E-state index is 13.8. The first-order valence-electron chi connectivity index (χ1n) is 10.0. The second-order valence-corrected chi connectivity index (χ2v) is 8.36. The first-order chi connectivity index (χ1) is 14.9. The first-order valence-corrected chi connectivity index (χ1v) is 10.9. The molecule has 0 aliphatic rings. The van der Waals surface area contributed by atoms with E-state index in [-0.39, 0.29) is 17.3 Å². The van der Waals surface area contributed by atoms with Crippen molar-refractivity contribution in [3.8, 4) is 0 Å². The highest BCUT2D eigenvalue weighted by molar-refractivity contribution is 7.14. The Kier molecular flexibility index (Phi) is 7.72. The van der Waals surface area contributed by atoms with E-state index in [1.165, 1.54) is 17.4 Å². The van der Waals surface area contributed by atoms with Crippen LogP contribution in [0.4, 0.5) is 15.2 Å². The van der Waals surface area contributed by atoms with Gasteiger partial charge < -0.3 is 16.0 Å². The maximum Gasteiger partial charge on any atom is 0.271 e. The summed E-state index contributed by atoms with van der Waals surface area (Å²) in [5, 5.41) is 10.5. The van der Waals surface area contributed by atoms with Gasteiger partial charge in [0.05, 0.1) is 5.69 Å². The van der Waals surface area contributed by atoms with Crippen molar-refractivity contribution in [3.05, 3.63) is 77.1 Å². The summed E-state index contributed by atoms with van der Waals surface area (Å²) in [7, 11) is 0. The molecule has 2 amide bonds. The summed E-state index contributed by atoms with van der Waals surface area (Å²) in [4.78, 5) is 29.7. The van der Waals surface area contributed by atoms with Crippen molar-refractivity contribution in [1.82, 2.24) is 15.6 Å². The van der Waals surface area contributed by atoms with Crippen molar-refractivity contribution in [2.24, 2.45) is 5.92 Å². The molecule has 0 saturated heterocycles. The number of hydrogen-bond acceptors (Lipinski definition) is 5. The number of nitrogens with one attached hydrogen (secondary N) is 3. The van der Waals surface area contributed by atoms with Crippen LogP contribution >= 0.6 is 11.3 Å². The monoisotopic (exact) mass is 440 g/mol. The molecule has 1 heterocycles. The zero-order valence-electron chi connectivity index (χ0n) is 17.4. The number of benzene rings is 2. The fraction of sp³-hybridized carbons (Fsp3) is 0.261. The molecule has 3 aromatic rings. The molecule has 2 aromatic carbocycles. The third kappa shape index (κ3) is 6.62. The topological polar surface area (TPSA) is 83.1 Å². The minimum atomic E-state index is -0.738. The van der Waals surface area contributed by atoms with Gasteiger partial charge in [0.25, 0.3) is 5.91 Å². The zero-order chi connectivity index (χ0) is 22.2. The number of para-hydroxylation sites is 1. The zero-order valence-corrected chi connectivity index (χ0v) is 18.2.